The summed E-state index contributed by atoms with van der Waals surface area (Å²) in [4.78, 5) is 0. The van der Waals surface area contributed by atoms with Gasteiger partial charge < -0.3 is 24.8 Å². The second-order valence-electron chi connectivity index (χ2n) is 5.49. The zero-order chi connectivity index (χ0) is 13.5. The molecule has 115 valence electrons. The molecule has 1 unspecified atom stereocenters. The Kier molecular flexibility index (Phi) is 14.5. The quantitative estimate of drug-likeness (QED) is 0.540. The molecule has 1 aliphatic rings. The summed E-state index contributed by atoms with van der Waals surface area (Å²) in [7, 11) is 0. The van der Waals surface area contributed by atoms with Gasteiger partial charge in [-0.3, -0.25) is 0 Å². The predicted octanol–water partition coefficient (Wildman–Crippen LogP) is -0.0779. The minimum Gasteiger partial charge on any atom is -1.00 e. The van der Waals surface area contributed by atoms with Crippen molar-refractivity contribution >= 4 is 0 Å². The molecule has 1 atom stereocenters. The third-order valence-electron chi connectivity index (χ3n) is 3.94. The fourth-order valence-electron chi connectivity index (χ4n) is 3.25. The molecule has 0 aliphatic heterocycles. The molecule has 3 heteroatoms. The SMILES string of the molecule is CCCC1=[C]([Zr+2])C(CCC)C(CCC)=C1CCC.[Cl-].[Cl-]. The molecule has 0 saturated heterocycles. The van der Waals surface area contributed by atoms with Crippen LogP contribution in [0.2, 0.25) is 0 Å². The van der Waals surface area contributed by atoms with Gasteiger partial charge >= 0.3 is 130 Å². The van der Waals surface area contributed by atoms with E-state index in [1.54, 1.807) is 39.1 Å². The Morgan fingerprint density at radius 2 is 1.25 bits per heavy atom. The number of rotatable bonds is 8. The molecule has 0 aromatic rings. The minimum atomic E-state index is 0. The van der Waals surface area contributed by atoms with Crippen molar-refractivity contribution in [3.63, 3.8) is 0 Å². The summed E-state index contributed by atoms with van der Waals surface area (Å²) in [5.41, 5.74) is 5.39. The number of allylic oxidation sites excluding steroid dienone is 4. The molecule has 0 aromatic heterocycles. The minimum absolute atomic E-state index is 0. The number of halogens is 2. The van der Waals surface area contributed by atoms with Gasteiger partial charge in [-0.25, -0.2) is 0 Å². The average Bonchev–Trinajstić information content (AvgIpc) is 2.58. The first-order valence-electron chi connectivity index (χ1n) is 7.87. The molecule has 0 nitrogen and oxygen atoms in total. The molecule has 0 bridgehead atoms. The van der Waals surface area contributed by atoms with Crippen LogP contribution in [0.3, 0.4) is 0 Å². The van der Waals surface area contributed by atoms with Crippen molar-refractivity contribution in [1.82, 2.24) is 0 Å². The third kappa shape index (κ3) is 5.62. The van der Waals surface area contributed by atoms with Gasteiger partial charge in [0.05, 0.1) is 0 Å². The van der Waals surface area contributed by atoms with Crippen molar-refractivity contribution in [3.05, 3.63) is 20.0 Å². The molecule has 0 spiro atoms. The van der Waals surface area contributed by atoms with Crippen LogP contribution in [0.1, 0.15) is 79.1 Å². The molecular weight excluding hydrogens is 366 g/mol. The van der Waals surface area contributed by atoms with Gasteiger partial charge in [-0.05, 0) is 0 Å². The van der Waals surface area contributed by atoms with Crippen LogP contribution in [0, 0.1) is 5.92 Å². The van der Waals surface area contributed by atoms with E-state index in [2.05, 4.69) is 27.7 Å². The molecule has 0 aromatic carbocycles. The molecule has 0 radical (unpaired) electrons. The van der Waals surface area contributed by atoms with Crippen LogP contribution < -0.4 is 24.8 Å². The first-order chi connectivity index (χ1) is 8.71. The summed E-state index contributed by atoms with van der Waals surface area (Å²) in [6.45, 7) is 9.33. The Morgan fingerprint density at radius 1 is 0.750 bits per heavy atom. The van der Waals surface area contributed by atoms with E-state index in [0.29, 0.717) is 0 Å². The van der Waals surface area contributed by atoms with Gasteiger partial charge in [0.2, 0.25) is 0 Å². The molecule has 0 amide bonds. The molecule has 1 rings (SSSR count). The fraction of sp³-hybridized carbons (Fsp3) is 0.765. The average molecular weight is 396 g/mol. The predicted molar refractivity (Wildman–Crippen MR) is 77.2 cm³/mol. The summed E-state index contributed by atoms with van der Waals surface area (Å²) in [5, 5.41) is 0. The van der Waals surface area contributed by atoms with Gasteiger partial charge in [-0.15, -0.1) is 0 Å². The Balaban J connectivity index is 0. The first kappa shape index (κ1) is 23.2. The molecule has 20 heavy (non-hydrogen) atoms. The van der Waals surface area contributed by atoms with Gasteiger partial charge in [0.25, 0.3) is 0 Å². The Morgan fingerprint density at radius 3 is 1.70 bits per heavy atom. The van der Waals surface area contributed by atoms with E-state index in [1.165, 1.54) is 51.4 Å². The van der Waals surface area contributed by atoms with Crippen molar-refractivity contribution in [2.24, 2.45) is 5.92 Å². The topological polar surface area (TPSA) is 0 Å². The van der Waals surface area contributed by atoms with E-state index < -0.39 is 0 Å². The summed E-state index contributed by atoms with van der Waals surface area (Å²) in [6.07, 6.45) is 10.6. The summed E-state index contributed by atoms with van der Waals surface area (Å²) < 4.78 is 1.80. The fourth-order valence-corrected chi connectivity index (χ4v) is 4.71. The second kappa shape index (κ2) is 12.5. The maximum absolute atomic E-state index is 2.34. The number of hydrogen-bond acceptors (Lipinski definition) is 0. The van der Waals surface area contributed by atoms with E-state index in [1.807, 2.05) is 5.57 Å². The van der Waals surface area contributed by atoms with E-state index >= 15 is 0 Å². The molecule has 1 aliphatic carbocycles. The zero-order valence-corrected chi connectivity index (χ0v) is 17.5. The summed E-state index contributed by atoms with van der Waals surface area (Å²) >= 11 is 1.67. The van der Waals surface area contributed by atoms with E-state index in [4.69, 9.17) is 0 Å². The zero-order valence-electron chi connectivity index (χ0n) is 13.5. The summed E-state index contributed by atoms with van der Waals surface area (Å²) in [5.74, 6) is 0.830. The van der Waals surface area contributed by atoms with Gasteiger partial charge in [0, 0.05) is 0 Å². The van der Waals surface area contributed by atoms with E-state index in [-0.39, 0.29) is 24.8 Å². The Hall–Kier alpha value is 0.943. The molecule has 0 saturated carbocycles. The van der Waals surface area contributed by atoms with Crippen LogP contribution in [-0.4, -0.2) is 0 Å². The van der Waals surface area contributed by atoms with Crippen molar-refractivity contribution in [2.45, 2.75) is 79.1 Å². The normalized spacial score (nSPS) is 18.2. The van der Waals surface area contributed by atoms with Crippen LogP contribution in [0.15, 0.2) is 20.0 Å². The van der Waals surface area contributed by atoms with Gasteiger partial charge in [-0.1, -0.05) is 0 Å². The van der Waals surface area contributed by atoms with Crippen LogP contribution in [0.25, 0.3) is 0 Å². The Bertz CT molecular complexity index is 332. The smallest absolute Gasteiger partial charge is 1.00 e. The first-order valence-corrected chi connectivity index (χ1v) is 9.10. The van der Waals surface area contributed by atoms with E-state index in [0.717, 1.165) is 5.92 Å². The number of hydrogen-bond donors (Lipinski definition) is 0. The van der Waals surface area contributed by atoms with Crippen molar-refractivity contribution < 1.29 is 49.5 Å². The maximum atomic E-state index is 2.34. The Labute approximate surface area is 153 Å². The molecule has 0 heterocycles. The third-order valence-corrected chi connectivity index (χ3v) is 5.54. The summed E-state index contributed by atoms with van der Waals surface area (Å²) in [6, 6.07) is 0. The molecular formula is C17H29Cl2Zr. The van der Waals surface area contributed by atoms with Crippen molar-refractivity contribution in [2.75, 3.05) is 0 Å². The van der Waals surface area contributed by atoms with Gasteiger partial charge in [0.15, 0.2) is 0 Å². The van der Waals surface area contributed by atoms with Crippen LogP contribution >= 0.6 is 0 Å². The maximum Gasteiger partial charge on any atom is -1.00 e. The largest absolute Gasteiger partial charge is 1.00 e. The second-order valence-corrected chi connectivity index (χ2v) is 6.81. The van der Waals surface area contributed by atoms with Crippen LogP contribution in [-0.2, 0) is 24.7 Å². The molecule has 0 fully saturated rings. The van der Waals surface area contributed by atoms with Gasteiger partial charge in [0.1, 0.15) is 0 Å². The van der Waals surface area contributed by atoms with E-state index in [9.17, 15) is 0 Å². The standard InChI is InChI=1S/C17H29.2ClH.Zr/c1-5-9-14-13-15(10-6-2)17(12-8-4)16(14)11-7-3;;;/h14H,5-12H2,1-4H3;2*1H;/q;;;+2/p-2. The van der Waals surface area contributed by atoms with Crippen molar-refractivity contribution in [3.8, 4) is 0 Å². The molecule has 0 N–H and O–H groups in total. The monoisotopic (exact) mass is 393 g/mol. The van der Waals surface area contributed by atoms with Gasteiger partial charge in [-0.2, -0.15) is 0 Å². The van der Waals surface area contributed by atoms with Crippen LogP contribution in [0.5, 0.6) is 0 Å². The van der Waals surface area contributed by atoms with Crippen LogP contribution in [0.4, 0.5) is 0 Å². The van der Waals surface area contributed by atoms with Crippen molar-refractivity contribution in [1.29, 1.82) is 0 Å².